The Balaban J connectivity index is 1.98. The van der Waals surface area contributed by atoms with Gasteiger partial charge in [-0.05, 0) is 86.9 Å². The van der Waals surface area contributed by atoms with E-state index in [0.717, 1.165) is 32.1 Å². The van der Waals surface area contributed by atoms with E-state index < -0.39 is 24.6 Å². The van der Waals surface area contributed by atoms with Crippen LogP contribution in [0, 0.1) is 59.2 Å². The SMILES string of the molecule is C=C(C)C(=O)NCC1C(C)CC(C)C(C(=O)P(=O)(C(=O)C2C(C)CC(C)C(CNC(=O)C(=C)C)C2C)C2CCCCC2)C1C. The molecule has 3 saturated carbocycles. The molecule has 10 unspecified atom stereocenters. The lowest BCUT2D eigenvalue weighted by Crippen LogP contribution is -2.49. The second kappa shape index (κ2) is 15.1. The molecule has 3 aliphatic rings. The zero-order valence-electron chi connectivity index (χ0n) is 28.6. The van der Waals surface area contributed by atoms with Crippen molar-refractivity contribution in [1.82, 2.24) is 10.6 Å². The van der Waals surface area contributed by atoms with Crippen molar-refractivity contribution in [1.29, 1.82) is 0 Å². The van der Waals surface area contributed by atoms with Gasteiger partial charge in [0, 0.05) is 41.7 Å². The van der Waals surface area contributed by atoms with E-state index >= 15 is 4.57 Å². The Morgan fingerprint density at radius 2 is 1.00 bits per heavy atom. The fourth-order valence-corrected chi connectivity index (χ4v) is 13.1. The van der Waals surface area contributed by atoms with Gasteiger partial charge in [0.1, 0.15) is 0 Å². The number of carbonyl (C=O) groups is 4. The number of nitrogens with one attached hydrogen (secondary N) is 2. The largest absolute Gasteiger partial charge is 0.352 e. The van der Waals surface area contributed by atoms with Crippen molar-refractivity contribution in [2.24, 2.45) is 59.2 Å². The van der Waals surface area contributed by atoms with Crippen LogP contribution < -0.4 is 10.6 Å². The van der Waals surface area contributed by atoms with Gasteiger partial charge < -0.3 is 15.2 Å². The van der Waals surface area contributed by atoms with Crippen LogP contribution in [0.4, 0.5) is 0 Å². The summed E-state index contributed by atoms with van der Waals surface area (Å²) in [5.74, 6) is -1.01. The third-order valence-electron chi connectivity index (χ3n) is 11.7. The monoisotopic (exact) mass is 630 g/mol. The molecule has 7 nitrogen and oxygen atoms in total. The summed E-state index contributed by atoms with van der Waals surface area (Å²) in [6, 6.07) is 0. The van der Waals surface area contributed by atoms with E-state index in [0.29, 0.717) is 37.1 Å². The van der Waals surface area contributed by atoms with Crippen LogP contribution in [0.25, 0.3) is 0 Å². The molecule has 0 aromatic rings. The Kier molecular flexibility index (Phi) is 12.5. The lowest BCUT2D eigenvalue weighted by atomic mass is 9.63. The average Bonchev–Trinajstić information content (AvgIpc) is 2.95. The highest BCUT2D eigenvalue weighted by atomic mass is 31.2. The van der Waals surface area contributed by atoms with Crippen molar-refractivity contribution in [3.63, 3.8) is 0 Å². The first-order valence-corrected chi connectivity index (χ1v) is 18.9. The average molecular weight is 631 g/mol. The predicted octanol–water partition coefficient (Wildman–Crippen LogP) is 7.21. The Morgan fingerprint density at radius 3 is 1.34 bits per heavy atom. The third-order valence-corrected chi connectivity index (χ3v) is 15.2. The molecule has 0 saturated heterocycles. The summed E-state index contributed by atoms with van der Waals surface area (Å²) in [5.41, 5.74) is -0.114. The van der Waals surface area contributed by atoms with Gasteiger partial charge >= 0.3 is 0 Å². The quantitative estimate of drug-likeness (QED) is 0.185. The number of carbonyl (C=O) groups excluding carboxylic acids is 4. The molecular weight excluding hydrogens is 571 g/mol. The molecule has 44 heavy (non-hydrogen) atoms. The number of hydrogen-bond acceptors (Lipinski definition) is 5. The highest BCUT2D eigenvalue weighted by molar-refractivity contribution is 7.94. The van der Waals surface area contributed by atoms with Crippen molar-refractivity contribution < 1.29 is 23.7 Å². The zero-order chi connectivity index (χ0) is 33.1. The lowest BCUT2D eigenvalue weighted by molar-refractivity contribution is -0.125. The van der Waals surface area contributed by atoms with Gasteiger partial charge in [-0.3, -0.25) is 19.2 Å². The summed E-state index contributed by atoms with van der Waals surface area (Å²) in [7, 11) is -3.94. The molecule has 0 spiro atoms. The highest BCUT2D eigenvalue weighted by Crippen LogP contribution is 2.64. The van der Waals surface area contributed by atoms with Crippen LogP contribution in [0.1, 0.15) is 100 Å². The first-order chi connectivity index (χ1) is 20.5. The summed E-state index contributed by atoms with van der Waals surface area (Å²) in [4.78, 5) is 54.5. The molecule has 2 N–H and O–H groups in total. The van der Waals surface area contributed by atoms with E-state index in [1.54, 1.807) is 13.8 Å². The molecule has 0 aromatic carbocycles. The molecule has 0 radical (unpaired) electrons. The van der Waals surface area contributed by atoms with Gasteiger partial charge in [-0.2, -0.15) is 0 Å². The molecule has 2 amide bonds. The molecule has 0 heterocycles. The second-order valence-electron chi connectivity index (χ2n) is 15.1. The molecule has 0 bridgehead atoms. The van der Waals surface area contributed by atoms with Gasteiger partial charge in [-0.25, -0.2) is 0 Å². The zero-order valence-corrected chi connectivity index (χ0v) is 29.5. The first kappa shape index (κ1) is 36.5. The minimum Gasteiger partial charge on any atom is -0.352 e. The maximum absolute atomic E-state index is 15.6. The van der Waals surface area contributed by atoms with Crippen LogP contribution in [0.3, 0.4) is 0 Å². The van der Waals surface area contributed by atoms with Crippen molar-refractivity contribution in [3.8, 4) is 0 Å². The molecule has 3 rings (SSSR count). The van der Waals surface area contributed by atoms with Crippen LogP contribution in [0.15, 0.2) is 24.3 Å². The molecule has 8 heteroatoms. The topological polar surface area (TPSA) is 109 Å². The Hall–Kier alpha value is -2.01. The molecule has 0 aromatic heterocycles. The smallest absolute Gasteiger partial charge is 0.246 e. The van der Waals surface area contributed by atoms with Gasteiger partial charge in [-0.1, -0.05) is 74.0 Å². The van der Waals surface area contributed by atoms with E-state index in [2.05, 4.69) is 65.3 Å². The Bertz CT molecular complexity index is 1100. The molecule has 0 aliphatic heterocycles. The Morgan fingerprint density at radius 1 is 0.636 bits per heavy atom. The van der Waals surface area contributed by atoms with Crippen LogP contribution in [-0.2, 0) is 23.7 Å². The minimum atomic E-state index is -3.94. The number of rotatable bonds is 11. The standard InChI is InChI=1S/C36H59N2O5P/c1-20(2)33(39)37-18-29-22(5)16-24(7)31(26(29)9)35(41)44(43,28-14-12-11-13-15-28)36(42)32-25(8)17-23(6)30(27(32)10)19-38-34(40)21(3)4/h22-32H,1,3,11-19H2,2,4-10H3,(H,37,39)(H,38,40). The second-order valence-corrected chi connectivity index (χ2v) is 18.0. The van der Waals surface area contributed by atoms with Gasteiger partial charge in [0.15, 0.2) is 0 Å². The first-order valence-electron chi connectivity index (χ1n) is 17.1. The summed E-state index contributed by atoms with van der Waals surface area (Å²) in [6.45, 7) is 24.3. The van der Waals surface area contributed by atoms with Gasteiger partial charge in [0.2, 0.25) is 30.0 Å². The molecule has 10 atom stereocenters. The van der Waals surface area contributed by atoms with Crippen LogP contribution in [-0.4, -0.2) is 41.6 Å². The molecule has 3 aliphatic carbocycles. The normalized spacial score (nSPS) is 36.0. The van der Waals surface area contributed by atoms with Crippen LogP contribution in [0.2, 0.25) is 0 Å². The molecule has 3 fully saturated rings. The summed E-state index contributed by atoms with van der Waals surface area (Å²) in [6.07, 6.45) is 5.69. The van der Waals surface area contributed by atoms with E-state index in [1.807, 2.05) is 0 Å². The van der Waals surface area contributed by atoms with Gasteiger partial charge in [0.05, 0.1) is 0 Å². The van der Waals surface area contributed by atoms with Gasteiger partial charge in [0.25, 0.3) is 0 Å². The van der Waals surface area contributed by atoms with Crippen molar-refractivity contribution in [2.75, 3.05) is 13.1 Å². The predicted molar refractivity (Wildman–Crippen MR) is 178 cm³/mol. The van der Waals surface area contributed by atoms with E-state index in [9.17, 15) is 19.2 Å². The minimum absolute atomic E-state index is 0.00311. The van der Waals surface area contributed by atoms with Crippen LogP contribution >= 0.6 is 7.14 Å². The maximum Gasteiger partial charge on any atom is 0.246 e. The number of hydrogen-bond donors (Lipinski definition) is 2. The van der Waals surface area contributed by atoms with Crippen molar-refractivity contribution >= 4 is 30.0 Å². The maximum atomic E-state index is 15.6. The highest BCUT2D eigenvalue weighted by Gasteiger charge is 2.57. The lowest BCUT2D eigenvalue weighted by Gasteiger charge is -2.47. The molecule has 248 valence electrons. The fraction of sp³-hybridized carbons (Fsp3) is 0.778. The fourth-order valence-electron chi connectivity index (χ4n) is 9.21. The summed E-state index contributed by atoms with van der Waals surface area (Å²) >= 11 is 0. The van der Waals surface area contributed by atoms with Gasteiger partial charge in [-0.15, -0.1) is 0 Å². The summed E-state index contributed by atoms with van der Waals surface area (Å²) < 4.78 is 15.6. The third kappa shape index (κ3) is 7.51. The van der Waals surface area contributed by atoms with E-state index in [-0.39, 0.29) is 70.2 Å². The van der Waals surface area contributed by atoms with Crippen molar-refractivity contribution in [3.05, 3.63) is 24.3 Å². The molecular formula is C36H59N2O5P. The Labute approximate surface area is 266 Å². The van der Waals surface area contributed by atoms with Crippen LogP contribution in [0.5, 0.6) is 0 Å². The summed E-state index contributed by atoms with van der Waals surface area (Å²) in [5, 5.41) is 5.98. The van der Waals surface area contributed by atoms with Crippen molar-refractivity contribution in [2.45, 2.75) is 106 Å². The van der Waals surface area contributed by atoms with E-state index in [1.165, 1.54) is 0 Å². The number of amides is 2. The van der Waals surface area contributed by atoms with E-state index in [4.69, 9.17) is 0 Å².